The largest absolute Gasteiger partial charge is 0.501 e. The molecular weight excluding hydrogens is 292 g/mol. The Balaban J connectivity index is 2.90. The molecular formula is C17H26N4O2. The molecule has 0 saturated carbocycles. The maximum absolute atomic E-state index is 5.26. The predicted octanol–water partition coefficient (Wildman–Crippen LogP) is 2.51. The topological polar surface area (TPSA) is 67.9 Å². The molecule has 126 valence electrons. The Labute approximate surface area is 138 Å². The Morgan fingerprint density at radius 2 is 1.04 bits per heavy atom. The third kappa shape index (κ3) is 7.54. The Hall–Kier alpha value is -2.24. The molecule has 1 aliphatic heterocycles. The van der Waals surface area contributed by atoms with Crippen LogP contribution in [-0.4, -0.2) is 65.3 Å². The van der Waals surface area contributed by atoms with Gasteiger partial charge in [0.2, 0.25) is 0 Å². The van der Waals surface area contributed by atoms with Crippen LogP contribution >= 0.6 is 0 Å². The van der Waals surface area contributed by atoms with Crippen molar-refractivity contribution in [1.82, 2.24) is 0 Å². The highest BCUT2D eigenvalue weighted by molar-refractivity contribution is 6.05. The third-order valence-corrected chi connectivity index (χ3v) is 3.28. The lowest BCUT2D eigenvalue weighted by Crippen LogP contribution is -1.98. The van der Waals surface area contributed by atoms with Crippen molar-refractivity contribution < 1.29 is 9.47 Å². The highest BCUT2D eigenvalue weighted by atomic mass is 16.5. The number of methoxy groups -OCH3 is 2. The van der Waals surface area contributed by atoms with Gasteiger partial charge in [-0.3, -0.25) is 20.0 Å². The number of allylic oxidation sites excluding steroid dienone is 4. The lowest BCUT2D eigenvalue weighted by Gasteiger charge is -2.02. The van der Waals surface area contributed by atoms with E-state index >= 15 is 0 Å². The van der Waals surface area contributed by atoms with E-state index in [-0.39, 0.29) is 0 Å². The monoisotopic (exact) mass is 318 g/mol. The highest BCUT2D eigenvalue weighted by Crippen LogP contribution is 2.02. The average Bonchev–Trinajstić information content (AvgIpc) is 2.58. The number of aliphatic imine (C=N–C) groups is 4. The van der Waals surface area contributed by atoms with E-state index < -0.39 is 0 Å². The fourth-order valence-corrected chi connectivity index (χ4v) is 1.69. The summed E-state index contributed by atoms with van der Waals surface area (Å²) in [6.07, 6.45) is 8.04. The van der Waals surface area contributed by atoms with E-state index in [1.54, 1.807) is 39.1 Å². The molecule has 0 saturated heterocycles. The molecule has 0 aliphatic carbocycles. The van der Waals surface area contributed by atoms with E-state index in [1.165, 1.54) is 0 Å². The minimum absolute atomic E-state index is 0.598. The van der Waals surface area contributed by atoms with Crippen LogP contribution in [0, 0.1) is 0 Å². The van der Waals surface area contributed by atoms with Crippen LogP contribution in [-0.2, 0) is 9.47 Å². The Morgan fingerprint density at radius 3 is 1.39 bits per heavy atom. The predicted molar refractivity (Wildman–Crippen MR) is 97.5 cm³/mol. The first kappa shape index (κ1) is 18.8. The molecule has 0 bridgehead atoms. The van der Waals surface area contributed by atoms with Gasteiger partial charge in [0, 0.05) is 49.1 Å². The van der Waals surface area contributed by atoms with Gasteiger partial charge in [-0.2, -0.15) is 0 Å². The minimum Gasteiger partial charge on any atom is -0.501 e. The van der Waals surface area contributed by atoms with Gasteiger partial charge in [-0.15, -0.1) is 0 Å². The van der Waals surface area contributed by atoms with E-state index in [1.807, 2.05) is 13.8 Å². The zero-order valence-electron chi connectivity index (χ0n) is 14.5. The Kier molecular flexibility index (Phi) is 9.28. The van der Waals surface area contributed by atoms with Crippen molar-refractivity contribution in [3.05, 3.63) is 22.7 Å². The van der Waals surface area contributed by atoms with E-state index in [0.717, 1.165) is 29.1 Å². The van der Waals surface area contributed by atoms with Crippen LogP contribution in [0.4, 0.5) is 0 Å². The summed E-state index contributed by atoms with van der Waals surface area (Å²) in [5.74, 6) is 1.59. The summed E-state index contributed by atoms with van der Waals surface area (Å²) in [4.78, 5) is 17.6. The first-order chi connectivity index (χ1) is 11.2. The second kappa shape index (κ2) is 11.3. The smallest absolute Gasteiger partial charge is 0.103 e. The van der Waals surface area contributed by atoms with E-state index in [9.17, 15) is 0 Å². The number of hydrogen-bond acceptors (Lipinski definition) is 6. The fourth-order valence-electron chi connectivity index (χ4n) is 1.69. The molecule has 1 rings (SSSR count). The van der Waals surface area contributed by atoms with Gasteiger partial charge in [0.05, 0.1) is 27.3 Å². The number of ether oxygens (including phenoxy) is 2. The molecule has 0 aromatic heterocycles. The van der Waals surface area contributed by atoms with Crippen LogP contribution < -0.4 is 0 Å². The van der Waals surface area contributed by atoms with E-state index in [2.05, 4.69) is 20.0 Å². The van der Waals surface area contributed by atoms with Gasteiger partial charge in [0.1, 0.15) is 11.5 Å². The lowest BCUT2D eigenvalue weighted by molar-refractivity contribution is 0.293. The molecule has 6 nitrogen and oxygen atoms in total. The van der Waals surface area contributed by atoms with Crippen LogP contribution in [0.3, 0.4) is 0 Å². The lowest BCUT2D eigenvalue weighted by atomic mass is 10.2. The van der Waals surface area contributed by atoms with Crippen molar-refractivity contribution in [2.24, 2.45) is 20.0 Å². The number of hydrogen-bond donors (Lipinski definition) is 0. The summed E-state index contributed by atoms with van der Waals surface area (Å²) in [6.45, 7) is 6.41. The number of rotatable bonds is 2. The van der Waals surface area contributed by atoms with Crippen LogP contribution in [0.15, 0.2) is 42.6 Å². The summed E-state index contributed by atoms with van der Waals surface area (Å²) < 4.78 is 10.5. The molecule has 23 heavy (non-hydrogen) atoms. The first-order valence-corrected chi connectivity index (χ1v) is 7.68. The molecule has 1 aliphatic rings. The van der Waals surface area contributed by atoms with Crippen molar-refractivity contribution in [3.8, 4) is 0 Å². The van der Waals surface area contributed by atoms with Gasteiger partial charge in [-0.25, -0.2) is 0 Å². The second-order valence-electron chi connectivity index (χ2n) is 4.93. The van der Waals surface area contributed by atoms with E-state index in [4.69, 9.17) is 9.47 Å². The van der Waals surface area contributed by atoms with Crippen LogP contribution in [0.1, 0.15) is 20.3 Å². The van der Waals surface area contributed by atoms with Crippen molar-refractivity contribution in [1.29, 1.82) is 0 Å². The van der Waals surface area contributed by atoms with Crippen molar-refractivity contribution in [2.75, 3.05) is 40.4 Å². The van der Waals surface area contributed by atoms with Gasteiger partial charge >= 0.3 is 0 Å². The minimum atomic E-state index is 0.598. The zero-order chi connectivity index (χ0) is 16.9. The van der Waals surface area contributed by atoms with Crippen molar-refractivity contribution >= 4 is 24.9 Å². The standard InChI is InChI=1S/C17H26N4O2/c1-14(22-3)16-10-18-6-5-7-19-11-17(15(2)23-4)13-21-9-8-20-12-16/h10-13H,5-9H2,1-4H3/b16-14-,17-15-,18-10?,19-11?,20-12?,21-13?. The Morgan fingerprint density at radius 1 is 0.696 bits per heavy atom. The first-order valence-electron chi connectivity index (χ1n) is 7.68. The van der Waals surface area contributed by atoms with Gasteiger partial charge in [0.15, 0.2) is 0 Å². The molecule has 1 heterocycles. The molecule has 0 N–H and O–H groups in total. The molecule has 0 amide bonds. The zero-order valence-corrected chi connectivity index (χ0v) is 14.5. The summed E-state index contributed by atoms with van der Waals surface area (Å²) in [5, 5.41) is 0. The molecule has 0 unspecified atom stereocenters. The van der Waals surface area contributed by atoms with Crippen LogP contribution in [0.2, 0.25) is 0 Å². The van der Waals surface area contributed by atoms with E-state index in [0.29, 0.717) is 26.2 Å². The summed E-state index contributed by atoms with van der Waals surface area (Å²) >= 11 is 0. The van der Waals surface area contributed by atoms with Gasteiger partial charge in [-0.05, 0) is 20.3 Å². The Bertz CT molecular complexity index is 495. The molecule has 0 aromatic carbocycles. The molecule has 0 fully saturated rings. The van der Waals surface area contributed by atoms with Crippen LogP contribution in [0.5, 0.6) is 0 Å². The molecule has 6 heteroatoms. The molecule has 0 aromatic rings. The SMILES string of the molecule is CO/C(C)=C1/C=NCCCN=C/C(=C(\C)OC)C=NCCN=C1. The quantitative estimate of drug-likeness (QED) is 0.734. The van der Waals surface area contributed by atoms with Crippen LogP contribution in [0.25, 0.3) is 0 Å². The molecule has 0 atom stereocenters. The second-order valence-corrected chi connectivity index (χ2v) is 4.93. The van der Waals surface area contributed by atoms with Crippen molar-refractivity contribution in [3.63, 3.8) is 0 Å². The molecule has 0 radical (unpaired) electrons. The highest BCUT2D eigenvalue weighted by Gasteiger charge is 1.99. The normalized spacial score (nSPS) is 21.4. The maximum atomic E-state index is 5.26. The van der Waals surface area contributed by atoms with Gasteiger partial charge in [-0.1, -0.05) is 0 Å². The number of nitrogens with zero attached hydrogens (tertiary/aromatic N) is 4. The van der Waals surface area contributed by atoms with Gasteiger partial charge < -0.3 is 9.47 Å². The third-order valence-electron chi connectivity index (χ3n) is 3.28. The van der Waals surface area contributed by atoms with Crippen molar-refractivity contribution in [2.45, 2.75) is 20.3 Å². The summed E-state index contributed by atoms with van der Waals surface area (Å²) in [7, 11) is 3.29. The summed E-state index contributed by atoms with van der Waals surface area (Å²) in [5.41, 5.74) is 1.76. The maximum Gasteiger partial charge on any atom is 0.103 e. The van der Waals surface area contributed by atoms with Gasteiger partial charge in [0.25, 0.3) is 0 Å². The molecule has 0 spiro atoms. The summed E-state index contributed by atoms with van der Waals surface area (Å²) in [6, 6.07) is 0. The fraction of sp³-hybridized carbons (Fsp3) is 0.529. The average molecular weight is 318 g/mol.